The van der Waals surface area contributed by atoms with E-state index >= 15 is 0 Å². The van der Waals surface area contributed by atoms with Crippen LogP contribution in [0.3, 0.4) is 0 Å². The maximum atomic E-state index is 7.27. The first-order chi connectivity index (χ1) is 6.19. The van der Waals surface area contributed by atoms with Crippen molar-refractivity contribution in [3.8, 4) is 0 Å². The van der Waals surface area contributed by atoms with Crippen molar-refractivity contribution >= 4 is 27.8 Å². The molecule has 13 heavy (non-hydrogen) atoms. The highest BCUT2D eigenvalue weighted by atomic mass is 79.9. The summed E-state index contributed by atoms with van der Waals surface area (Å²) in [4.78, 5) is 0. The van der Waals surface area contributed by atoms with Crippen LogP contribution in [0.1, 0.15) is 18.1 Å². The van der Waals surface area contributed by atoms with Crippen LogP contribution in [0.2, 0.25) is 0 Å². The topological polar surface area (TPSA) is 35.9 Å². The molecule has 0 radical (unpaired) electrons. The molecule has 0 saturated heterocycles. The van der Waals surface area contributed by atoms with Crippen LogP contribution in [0.4, 0.5) is 5.69 Å². The van der Waals surface area contributed by atoms with Crippen LogP contribution in [-0.2, 0) is 0 Å². The van der Waals surface area contributed by atoms with Crippen LogP contribution in [0.15, 0.2) is 16.6 Å². The first-order valence-electron chi connectivity index (χ1n) is 4.23. The molecule has 0 amide bonds. The number of benzene rings is 1. The van der Waals surface area contributed by atoms with Gasteiger partial charge in [0.1, 0.15) is 0 Å². The summed E-state index contributed by atoms with van der Waals surface area (Å²) in [7, 11) is 0. The maximum absolute atomic E-state index is 7.27. The second-order valence-corrected chi connectivity index (χ2v) is 3.78. The molecule has 0 atom stereocenters. The molecule has 1 aromatic carbocycles. The number of hydrogen-bond donors (Lipinski definition) is 2. The summed E-state index contributed by atoms with van der Waals surface area (Å²) in [6, 6.07) is 3.99. The number of aryl methyl sites for hydroxylation is 1. The van der Waals surface area contributed by atoms with Gasteiger partial charge < -0.3 is 10.7 Å². The predicted molar refractivity (Wildman–Crippen MR) is 60.9 cm³/mol. The molecule has 3 heteroatoms. The van der Waals surface area contributed by atoms with E-state index in [2.05, 4.69) is 28.2 Å². The quantitative estimate of drug-likeness (QED) is 0.783. The van der Waals surface area contributed by atoms with Crippen molar-refractivity contribution in [2.45, 2.75) is 13.8 Å². The molecule has 0 heterocycles. The van der Waals surface area contributed by atoms with Crippen molar-refractivity contribution < 1.29 is 0 Å². The van der Waals surface area contributed by atoms with Gasteiger partial charge in [-0.15, -0.1) is 0 Å². The Balaban J connectivity index is 3.21. The van der Waals surface area contributed by atoms with Gasteiger partial charge in [0.25, 0.3) is 0 Å². The highest BCUT2D eigenvalue weighted by Crippen LogP contribution is 2.24. The van der Waals surface area contributed by atoms with Crippen LogP contribution in [-0.4, -0.2) is 12.8 Å². The number of anilines is 1. The Morgan fingerprint density at radius 3 is 2.77 bits per heavy atom. The third-order valence-corrected chi connectivity index (χ3v) is 2.30. The van der Waals surface area contributed by atoms with Gasteiger partial charge >= 0.3 is 0 Å². The minimum Gasteiger partial charge on any atom is -0.385 e. The molecule has 0 aliphatic carbocycles. The van der Waals surface area contributed by atoms with Crippen LogP contribution < -0.4 is 5.32 Å². The number of rotatable bonds is 3. The van der Waals surface area contributed by atoms with Crippen molar-refractivity contribution in [2.75, 3.05) is 11.9 Å². The molecule has 0 spiro atoms. The Morgan fingerprint density at radius 2 is 2.23 bits per heavy atom. The Labute approximate surface area is 87.0 Å². The lowest BCUT2D eigenvalue weighted by atomic mass is 10.1. The van der Waals surface area contributed by atoms with E-state index in [0.29, 0.717) is 0 Å². The molecular weight excluding hydrogens is 228 g/mol. The second kappa shape index (κ2) is 4.42. The number of halogens is 1. The largest absolute Gasteiger partial charge is 0.385 e. The summed E-state index contributed by atoms with van der Waals surface area (Å²) in [5, 5.41) is 10.5. The van der Waals surface area contributed by atoms with E-state index < -0.39 is 0 Å². The van der Waals surface area contributed by atoms with Crippen LogP contribution in [0, 0.1) is 12.3 Å². The normalized spacial score (nSPS) is 9.77. The Kier molecular flexibility index (Phi) is 3.48. The van der Waals surface area contributed by atoms with E-state index in [9.17, 15) is 0 Å². The Bertz CT molecular complexity index is 321. The Hall–Kier alpha value is -0.830. The number of hydrogen-bond acceptors (Lipinski definition) is 2. The molecule has 0 aliphatic heterocycles. The molecule has 1 aromatic rings. The summed E-state index contributed by atoms with van der Waals surface area (Å²) < 4.78 is 1.02. The predicted octanol–water partition coefficient (Wildman–Crippen LogP) is 3.19. The van der Waals surface area contributed by atoms with E-state index in [1.165, 1.54) is 6.21 Å². The fourth-order valence-corrected chi connectivity index (χ4v) is 1.89. The zero-order valence-electron chi connectivity index (χ0n) is 7.82. The van der Waals surface area contributed by atoms with Crippen molar-refractivity contribution in [3.63, 3.8) is 0 Å². The summed E-state index contributed by atoms with van der Waals surface area (Å²) >= 11 is 3.41. The van der Waals surface area contributed by atoms with Crippen LogP contribution in [0.5, 0.6) is 0 Å². The van der Waals surface area contributed by atoms with Gasteiger partial charge in [-0.3, -0.25) is 0 Å². The summed E-state index contributed by atoms with van der Waals surface area (Å²) in [6.45, 7) is 4.97. The molecule has 0 aromatic heterocycles. The monoisotopic (exact) mass is 240 g/mol. The minimum absolute atomic E-state index is 0.878. The van der Waals surface area contributed by atoms with Crippen molar-refractivity contribution in [1.82, 2.24) is 0 Å². The first-order valence-corrected chi connectivity index (χ1v) is 5.02. The summed E-state index contributed by atoms with van der Waals surface area (Å²) in [5.74, 6) is 0. The lowest BCUT2D eigenvalue weighted by Crippen LogP contribution is -2.02. The molecule has 70 valence electrons. The zero-order chi connectivity index (χ0) is 9.84. The molecule has 0 bridgehead atoms. The summed E-state index contributed by atoms with van der Waals surface area (Å²) in [5.41, 5.74) is 3.14. The van der Waals surface area contributed by atoms with E-state index in [-0.39, 0.29) is 0 Å². The second-order valence-electron chi connectivity index (χ2n) is 2.86. The Morgan fingerprint density at radius 1 is 1.54 bits per heavy atom. The molecule has 2 N–H and O–H groups in total. The lowest BCUT2D eigenvalue weighted by Gasteiger charge is -2.11. The van der Waals surface area contributed by atoms with Crippen molar-refractivity contribution in [1.29, 1.82) is 5.41 Å². The molecule has 0 unspecified atom stereocenters. The average Bonchev–Trinajstić information content (AvgIpc) is 2.09. The molecule has 2 nitrogen and oxygen atoms in total. The van der Waals surface area contributed by atoms with Gasteiger partial charge in [-0.25, -0.2) is 0 Å². The van der Waals surface area contributed by atoms with Gasteiger partial charge in [0.2, 0.25) is 0 Å². The molecular formula is C10H13BrN2. The minimum atomic E-state index is 0.878. The van der Waals surface area contributed by atoms with E-state index in [0.717, 1.165) is 27.8 Å². The first kappa shape index (κ1) is 10.3. The molecule has 0 saturated carbocycles. The van der Waals surface area contributed by atoms with Crippen LogP contribution in [0.25, 0.3) is 0 Å². The smallest absolute Gasteiger partial charge is 0.0459 e. The fourth-order valence-electron chi connectivity index (χ4n) is 1.30. The zero-order valence-corrected chi connectivity index (χ0v) is 9.40. The van der Waals surface area contributed by atoms with Gasteiger partial charge in [0.05, 0.1) is 0 Å². The van der Waals surface area contributed by atoms with Gasteiger partial charge in [0.15, 0.2) is 0 Å². The highest BCUT2D eigenvalue weighted by Gasteiger charge is 2.03. The van der Waals surface area contributed by atoms with Crippen molar-refractivity contribution in [3.05, 3.63) is 27.7 Å². The SMILES string of the molecule is CCNc1c(C)cc(Br)cc1C=N. The molecule has 1 rings (SSSR count). The van der Waals surface area contributed by atoms with Gasteiger partial charge in [-0.1, -0.05) is 15.9 Å². The highest BCUT2D eigenvalue weighted by molar-refractivity contribution is 9.10. The number of nitrogens with one attached hydrogen (secondary N) is 2. The molecule has 0 aliphatic rings. The van der Waals surface area contributed by atoms with Gasteiger partial charge in [0, 0.05) is 28.5 Å². The summed E-state index contributed by atoms with van der Waals surface area (Å²) in [6.07, 6.45) is 1.37. The van der Waals surface area contributed by atoms with Crippen LogP contribution >= 0.6 is 15.9 Å². The van der Waals surface area contributed by atoms with E-state index in [1.54, 1.807) is 0 Å². The average molecular weight is 241 g/mol. The van der Waals surface area contributed by atoms with Gasteiger partial charge in [-0.2, -0.15) is 0 Å². The van der Waals surface area contributed by atoms with E-state index in [4.69, 9.17) is 5.41 Å². The van der Waals surface area contributed by atoms with Crippen molar-refractivity contribution in [2.24, 2.45) is 0 Å². The van der Waals surface area contributed by atoms with E-state index in [1.807, 2.05) is 19.1 Å². The third-order valence-electron chi connectivity index (χ3n) is 1.84. The lowest BCUT2D eigenvalue weighted by molar-refractivity contribution is 1.19. The standard InChI is InChI=1S/C10H13BrN2/c1-3-13-10-7(2)4-9(11)5-8(10)6-12/h4-6,12-13H,3H2,1-2H3. The molecule has 0 fully saturated rings. The third kappa shape index (κ3) is 2.31. The fraction of sp³-hybridized carbons (Fsp3) is 0.300. The van der Waals surface area contributed by atoms with Gasteiger partial charge in [-0.05, 0) is 31.5 Å². The maximum Gasteiger partial charge on any atom is 0.0459 e.